The Morgan fingerprint density at radius 1 is 1.00 bits per heavy atom. The first-order chi connectivity index (χ1) is 8.45. The molecule has 100 valence electrons. The van der Waals surface area contributed by atoms with Gasteiger partial charge in [0, 0.05) is 41.8 Å². The SMILES string of the molecule is CC(C)(C)N1CCN(Cc2ccc(I)cc2)CC1. The fraction of sp³-hybridized carbons (Fsp3) is 0.600. The van der Waals surface area contributed by atoms with E-state index in [9.17, 15) is 0 Å². The first-order valence-electron chi connectivity index (χ1n) is 6.67. The number of nitrogens with zero attached hydrogens (tertiary/aromatic N) is 2. The Morgan fingerprint density at radius 3 is 2.06 bits per heavy atom. The van der Waals surface area contributed by atoms with Crippen LogP contribution in [0.1, 0.15) is 26.3 Å². The third kappa shape index (κ3) is 3.93. The number of hydrogen-bond acceptors (Lipinski definition) is 2. The van der Waals surface area contributed by atoms with Crippen molar-refractivity contribution >= 4 is 22.6 Å². The fourth-order valence-electron chi connectivity index (χ4n) is 2.42. The van der Waals surface area contributed by atoms with Crippen LogP contribution in [0.15, 0.2) is 24.3 Å². The van der Waals surface area contributed by atoms with Gasteiger partial charge in [-0.05, 0) is 61.1 Å². The van der Waals surface area contributed by atoms with E-state index in [1.165, 1.54) is 35.3 Å². The number of hydrogen-bond donors (Lipinski definition) is 0. The van der Waals surface area contributed by atoms with Gasteiger partial charge in [0.05, 0.1) is 0 Å². The monoisotopic (exact) mass is 358 g/mol. The van der Waals surface area contributed by atoms with Crippen LogP contribution in [0.3, 0.4) is 0 Å². The van der Waals surface area contributed by atoms with Crippen molar-refractivity contribution in [2.24, 2.45) is 0 Å². The quantitative estimate of drug-likeness (QED) is 0.750. The van der Waals surface area contributed by atoms with Crippen molar-refractivity contribution in [3.8, 4) is 0 Å². The smallest absolute Gasteiger partial charge is 0.0234 e. The maximum atomic E-state index is 2.58. The average molecular weight is 358 g/mol. The summed E-state index contributed by atoms with van der Waals surface area (Å²) >= 11 is 2.36. The Morgan fingerprint density at radius 2 is 1.56 bits per heavy atom. The second-order valence-electron chi connectivity index (χ2n) is 6.06. The Hall–Kier alpha value is -0.130. The third-order valence-electron chi connectivity index (χ3n) is 3.64. The number of halogens is 1. The van der Waals surface area contributed by atoms with Gasteiger partial charge in [-0.15, -0.1) is 0 Å². The highest BCUT2D eigenvalue weighted by Gasteiger charge is 2.25. The van der Waals surface area contributed by atoms with Crippen molar-refractivity contribution in [2.75, 3.05) is 26.2 Å². The van der Waals surface area contributed by atoms with Crippen LogP contribution in [-0.4, -0.2) is 41.5 Å². The van der Waals surface area contributed by atoms with Crippen LogP contribution in [0.5, 0.6) is 0 Å². The molecule has 0 saturated carbocycles. The van der Waals surface area contributed by atoms with Gasteiger partial charge < -0.3 is 0 Å². The van der Waals surface area contributed by atoms with E-state index in [4.69, 9.17) is 0 Å². The molecule has 1 aliphatic heterocycles. The second kappa shape index (κ2) is 5.88. The van der Waals surface area contributed by atoms with Gasteiger partial charge in [0.25, 0.3) is 0 Å². The molecule has 0 amide bonds. The number of piperazine rings is 1. The van der Waals surface area contributed by atoms with Gasteiger partial charge in [0.15, 0.2) is 0 Å². The lowest BCUT2D eigenvalue weighted by Crippen LogP contribution is -2.53. The Balaban J connectivity index is 1.85. The van der Waals surface area contributed by atoms with Crippen LogP contribution in [0.25, 0.3) is 0 Å². The summed E-state index contributed by atoms with van der Waals surface area (Å²) in [7, 11) is 0. The Bertz CT molecular complexity index is 372. The highest BCUT2D eigenvalue weighted by molar-refractivity contribution is 14.1. The van der Waals surface area contributed by atoms with Crippen molar-refractivity contribution in [1.82, 2.24) is 9.80 Å². The summed E-state index contributed by atoms with van der Waals surface area (Å²) in [6.07, 6.45) is 0. The van der Waals surface area contributed by atoms with E-state index < -0.39 is 0 Å². The standard InChI is InChI=1S/C15H23IN2/c1-15(2,3)18-10-8-17(9-11-18)12-13-4-6-14(16)7-5-13/h4-7H,8-12H2,1-3H3. The Labute approximate surface area is 124 Å². The molecule has 1 aromatic carbocycles. The average Bonchev–Trinajstić information content (AvgIpc) is 2.32. The molecule has 3 heteroatoms. The molecule has 0 spiro atoms. The molecule has 1 heterocycles. The van der Waals surface area contributed by atoms with E-state index >= 15 is 0 Å². The predicted molar refractivity (Wildman–Crippen MR) is 85.8 cm³/mol. The molecule has 18 heavy (non-hydrogen) atoms. The lowest BCUT2D eigenvalue weighted by atomic mass is 10.0. The summed E-state index contributed by atoms with van der Waals surface area (Å²) in [4.78, 5) is 5.14. The van der Waals surface area contributed by atoms with Gasteiger partial charge in [-0.25, -0.2) is 0 Å². The molecule has 1 saturated heterocycles. The lowest BCUT2D eigenvalue weighted by Gasteiger charge is -2.42. The molecule has 0 aliphatic carbocycles. The first kappa shape index (κ1) is 14.3. The van der Waals surface area contributed by atoms with Crippen molar-refractivity contribution in [1.29, 1.82) is 0 Å². The van der Waals surface area contributed by atoms with Gasteiger partial charge in [-0.1, -0.05) is 12.1 Å². The van der Waals surface area contributed by atoms with Gasteiger partial charge in [0.2, 0.25) is 0 Å². The molecule has 1 aromatic rings. The van der Waals surface area contributed by atoms with Crippen LogP contribution in [0, 0.1) is 3.57 Å². The predicted octanol–water partition coefficient (Wildman–Crippen LogP) is 3.21. The molecular formula is C15H23IN2. The van der Waals surface area contributed by atoms with Gasteiger partial charge in [0.1, 0.15) is 0 Å². The molecule has 0 bridgehead atoms. The van der Waals surface area contributed by atoms with E-state index in [1.807, 2.05) is 0 Å². The molecule has 0 atom stereocenters. The molecule has 0 aromatic heterocycles. The third-order valence-corrected chi connectivity index (χ3v) is 4.36. The maximum absolute atomic E-state index is 2.58. The van der Waals surface area contributed by atoms with Crippen molar-refractivity contribution < 1.29 is 0 Å². The highest BCUT2D eigenvalue weighted by Crippen LogP contribution is 2.17. The maximum Gasteiger partial charge on any atom is 0.0234 e. The van der Waals surface area contributed by atoms with Crippen LogP contribution in [0.2, 0.25) is 0 Å². The lowest BCUT2D eigenvalue weighted by molar-refractivity contribution is 0.0591. The molecule has 1 fully saturated rings. The summed E-state index contributed by atoms with van der Waals surface area (Å²) in [6.45, 7) is 12.8. The minimum absolute atomic E-state index is 0.314. The topological polar surface area (TPSA) is 6.48 Å². The van der Waals surface area contributed by atoms with Gasteiger partial charge in [-0.2, -0.15) is 0 Å². The highest BCUT2D eigenvalue weighted by atomic mass is 127. The summed E-state index contributed by atoms with van der Waals surface area (Å²) < 4.78 is 1.31. The summed E-state index contributed by atoms with van der Waals surface area (Å²) in [5.41, 5.74) is 1.74. The summed E-state index contributed by atoms with van der Waals surface area (Å²) in [5.74, 6) is 0. The zero-order valence-electron chi connectivity index (χ0n) is 11.6. The summed E-state index contributed by atoms with van der Waals surface area (Å²) in [5, 5.41) is 0. The fourth-order valence-corrected chi connectivity index (χ4v) is 2.78. The van der Waals surface area contributed by atoms with Crippen LogP contribution in [0.4, 0.5) is 0 Å². The van der Waals surface area contributed by atoms with E-state index in [2.05, 4.69) is 77.4 Å². The van der Waals surface area contributed by atoms with Crippen molar-refractivity contribution in [2.45, 2.75) is 32.9 Å². The summed E-state index contributed by atoms with van der Waals surface area (Å²) in [6, 6.07) is 8.89. The molecule has 2 nitrogen and oxygen atoms in total. The van der Waals surface area contributed by atoms with E-state index in [0.29, 0.717) is 5.54 Å². The largest absolute Gasteiger partial charge is 0.297 e. The van der Waals surface area contributed by atoms with Crippen molar-refractivity contribution in [3.63, 3.8) is 0 Å². The Kier molecular flexibility index (Phi) is 4.67. The zero-order valence-corrected chi connectivity index (χ0v) is 13.8. The van der Waals surface area contributed by atoms with E-state index in [1.54, 1.807) is 0 Å². The zero-order chi connectivity index (χ0) is 13.2. The van der Waals surface area contributed by atoms with Crippen molar-refractivity contribution in [3.05, 3.63) is 33.4 Å². The van der Waals surface area contributed by atoms with Gasteiger partial charge in [-0.3, -0.25) is 9.80 Å². The number of rotatable bonds is 2. The molecule has 0 N–H and O–H groups in total. The molecule has 1 aliphatic rings. The van der Waals surface area contributed by atoms with Gasteiger partial charge >= 0.3 is 0 Å². The molecular weight excluding hydrogens is 335 g/mol. The normalized spacial score (nSPS) is 19.1. The molecule has 0 unspecified atom stereocenters. The van der Waals surface area contributed by atoms with Crippen LogP contribution in [-0.2, 0) is 6.54 Å². The van der Waals surface area contributed by atoms with E-state index in [-0.39, 0.29) is 0 Å². The van der Waals surface area contributed by atoms with Crippen LogP contribution < -0.4 is 0 Å². The minimum atomic E-state index is 0.314. The molecule has 0 radical (unpaired) electrons. The number of benzene rings is 1. The second-order valence-corrected chi connectivity index (χ2v) is 7.31. The minimum Gasteiger partial charge on any atom is -0.297 e. The first-order valence-corrected chi connectivity index (χ1v) is 7.75. The van der Waals surface area contributed by atoms with Crippen LogP contribution >= 0.6 is 22.6 Å². The molecule has 2 rings (SSSR count). The van der Waals surface area contributed by atoms with E-state index in [0.717, 1.165) is 6.54 Å².